The molecule has 25 heavy (non-hydrogen) atoms. The first-order valence-electron chi connectivity index (χ1n) is 8.71. The van der Waals surface area contributed by atoms with Gasteiger partial charge in [-0.25, -0.2) is 0 Å². The number of carbonyl (C=O) groups excluding carboxylic acids is 1. The lowest BCUT2D eigenvalue weighted by molar-refractivity contribution is 0.103. The van der Waals surface area contributed by atoms with Gasteiger partial charge in [-0.3, -0.25) is 9.69 Å². The molecule has 132 valence electrons. The van der Waals surface area contributed by atoms with Crippen LogP contribution in [0.3, 0.4) is 0 Å². The summed E-state index contributed by atoms with van der Waals surface area (Å²) in [6.45, 7) is 5.08. The second-order valence-corrected chi connectivity index (χ2v) is 6.60. The van der Waals surface area contributed by atoms with E-state index < -0.39 is 0 Å². The van der Waals surface area contributed by atoms with Crippen molar-refractivity contribution in [3.05, 3.63) is 53.6 Å². The zero-order valence-corrected chi connectivity index (χ0v) is 14.6. The van der Waals surface area contributed by atoms with E-state index in [1.807, 2.05) is 12.1 Å². The molecular weight excluding hydrogens is 314 g/mol. The number of ether oxygens (including phenoxy) is 1. The van der Waals surface area contributed by atoms with Crippen molar-refractivity contribution < 1.29 is 9.53 Å². The van der Waals surface area contributed by atoms with E-state index in [2.05, 4.69) is 11.8 Å². The molecule has 4 N–H and O–H groups in total. The molecule has 1 unspecified atom stereocenters. The molecule has 5 nitrogen and oxygen atoms in total. The molecule has 1 aliphatic heterocycles. The third kappa shape index (κ3) is 4.12. The smallest absolute Gasteiger partial charge is 0.193 e. The minimum Gasteiger partial charge on any atom is -0.492 e. The standard InChI is InChI=1S/C20H25N3O2/c1-14(23-9-2-3-10-23)13-25-17-6-4-5-15(11-17)20(24)16-7-8-18(21)19(22)12-16/h4-8,11-12,14H,2-3,9-10,13,21-22H2,1H3. The topological polar surface area (TPSA) is 81.6 Å². The number of hydrogen-bond acceptors (Lipinski definition) is 5. The summed E-state index contributed by atoms with van der Waals surface area (Å²) >= 11 is 0. The number of ketones is 1. The third-order valence-electron chi connectivity index (χ3n) is 4.70. The Labute approximate surface area is 148 Å². The van der Waals surface area contributed by atoms with E-state index in [1.54, 1.807) is 30.3 Å². The molecule has 3 rings (SSSR count). The van der Waals surface area contributed by atoms with Crippen LogP contribution in [-0.2, 0) is 0 Å². The molecule has 1 fully saturated rings. The van der Waals surface area contributed by atoms with Gasteiger partial charge in [0.1, 0.15) is 12.4 Å². The summed E-state index contributed by atoms with van der Waals surface area (Å²) in [7, 11) is 0. The molecule has 2 aromatic carbocycles. The van der Waals surface area contributed by atoms with Gasteiger partial charge in [-0.1, -0.05) is 12.1 Å². The molecule has 1 atom stereocenters. The van der Waals surface area contributed by atoms with Gasteiger partial charge >= 0.3 is 0 Å². The number of carbonyl (C=O) groups is 1. The average molecular weight is 339 g/mol. The van der Waals surface area contributed by atoms with Crippen LogP contribution in [0.1, 0.15) is 35.7 Å². The highest BCUT2D eigenvalue weighted by Crippen LogP contribution is 2.21. The SMILES string of the molecule is CC(COc1cccc(C(=O)c2ccc(N)c(N)c2)c1)N1CCCC1. The van der Waals surface area contributed by atoms with Crippen molar-refractivity contribution >= 4 is 17.2 Å². The molecule has 1 heterocycles. The summed E-state index contributed by atoms with van der Waals surface area (Å²) in [4.78, 5) is 15.1. The summed E-state index contributed by atoms with van der Waals surface area (Å²) in [6.07, 6.45) is 2.53. The maximum Gasteiger partial charge on any atom is 0.193 e. The van der Waals surface area contributed by atoms with Gasteiger partial charge in [-0.2, -0.15) is 0 Å². The molecule has 1 aliphatic rings. The van der Waals surface area contributed by atoms with Gasteiger partial charge in [-0.15, -0.1) is 0 Å². The molecule has 0 radical (unpaired) electrons. The van der Waals surface area contributed by atoms with Crippen LogP contribution in [0, 0.1) is 0 Å². The highest BCUT2D eigenvalue weighted by Gasteiger charge is 2.18. The summed E-state index contributed by atoms with van der Waals surface area (Å²) in [5, 5.41) is 0. The fourth-order valence-electron chi connectivity index (χ4n) is 3.11. The van der Waals surface area contributed by atoms with Crippen LogP contribution in [-0.4, -0.2) is 36.4 Å². The lowest BCUT2D eigenvalue weighted by Gasteiger charge is -2.23. The van der Waals surface area contributed by atoms with E-state index in [1.165, 1.54) is 12.8 Å². The van der Waals surface area contributed by atoms with Gasteiger partial charge in [0.15, 0.2) is 5.78 Å². The fourth-order valence-corrected chi connectivity index (χ4v) is 3.11. The van der Waals surface area contributed by atoms with E-state index in [4.69, 9.17) is 16.2 Å². The van der Waals surface area contributed by atoms with Gasteiger partial charge in [0.2, 0.25) is 0 Å². The molecule has 0 aromatic heterocycles. The highest BCUT2D eigenvalue weighted by molar-refractivity contribution is 6.10. The first kappa shape index (κ1) is 17.3. The number of nitrogens with two attached hydrogens (primary N) is 2. The fraction of sp³-hybridized carbons (Fsp3) is 0.350. The van der Waals surface area contributed by atoms with Gasteiger partial charge in [-0.05, 0) is 63.2 Å². The molecule has 0 aliphatic carbocycles. The van der Waals surface area contributed by atoms with Crippen molar-refractivity contribution in [2.45, 2.75) is 25.8 Å². The largest absolute Gasteiger partial charge is 0.492 e. The first-order chi connectivity index (χ1) is 12.0. The number of nitrogen functional groups attached to an aromatic ring is 2. The average Bonchev–Trinajstić information content (AvgIpc) is 3.16. The molecule has 0 bridgehead atoms. The monoisotopic (exact) mass is 339 g/mol. The summed E-state index contributed by atoms with van der Waals surface area (Å²) in [5.41, 5.74) is 13.5. The van der Waals surface area contributed by atoms with Crippen LogP contribution >= 0.6 is 0 Å². The quantitative estimate of drug-likeness (QED) is 0.625. The Morgan fingerprint density at radius 1 is 1.08 bits per heavy atom. The molecule has 1 saturated heterocycles. The van der Waals surface area contributed by atoms with Gasteiger partial charge in [0.25, 0.3) is 0 Å². The zero-order chi connectivity index (χ0) is 17.8. The summed E-state index contributed by atoms with van der Waals surface area (Å²) in [6, 6.07) is 12.6. The van der Waals surface area contributed by atoms with Crippen molar-refractivity contribution in [2.75, 3.05) is 31.2 Å². The number of rotatable bonds is 6. The van der Waals surface area contributed by atoms with E-state index in [0.717, 1.165) is 13.1 Å². The van der Waals surface area contributed by atoms with Crippen molar-refractivity contribution in [2.24, 2.45) is 0 Å². The van der Waals surface area contributed by atoms with Gasteiger partial charge in [0.05, 0.1) is 11.4 Å². The Hall–Kier alpha value is -2.53. The van der Waals surface area contributed by atoms with Crippen LogP contribution in [0.4, 0.5) is 11.4 Å². The molecule has 5 heteroatoms. The van der Waals surface area contributed by atoms with Crippen LogP contribution in [0.2, 0.25) is 0 Å². The maximum atomic E-state index is 12.6. The van der Waals surface area contributed by atoms with Crippen LogP contribution < -0.4 is 16.2 Å². The zero-order valence-electron chi connectivity index (χ0n) is 14.6. The molecule has 0 saturated carbocycles. The van der Waals surface area contributed by atoms with E-state index in [-0.39, 0.29) is 5.78 Å². The van der Waals surface area contributed by atoms with Crippen LogP contribution in [0.5, 0.6) is 5.75 Å². The van der Waals surface area contributed by atoms with E-state index in [0.29, 0.717) is 40.9 Å². The lowest BCUT2D eigenvalue weighted by Crippen LogP contribution is -2.34. The summed E-state index contributed by atoms with van der Waals surface area (Å²) < 4.78 is 5.91. The molecular formula is C20H25N3O2. The first-order valence-corrected chi connectivity index (χ1v) is 8.71. The molecule has 0 spiro atoms. The minimum absolute atomic E-state index is 0.0928. The van der Waals surface area contributed by atoms with E-state index in [9.17, 15) is 4.79 Å². The maximum absolute atomic E-state index is 12.6. The second-order valence-electron chi connectivity index (χ2n) is 6.60. The van der Waals surface area contributed by atoms with Gasteiger partial charge < -0.3 is 16.2 Å². The Balaban J connectivity index is 1.68. The Morgan fingerprint density at radius 2 is 1.80 bits per heavy atom. The molecule has 2 aromatic rings. The number of nitrogens with zero attached hydrogens (tertiary/aromatic N) is 1. The van der Waals surface area contributed by atoms with Crippen molar-refractivity contribution in [3.63, 3.8) is 0 Å². The predicted molar refractivity (Wildman–Crippen MR) is 101 cm³/mol. The third-order valence-corrected chi connectivity index (χ3v) is 4.70. The number of anilines is 2. The Bertz CT molecular complexity index is 754. The predicted octanol–water partition coefficient (Wildman–Crippen LogP) is 2.95. The molecule has 0 amide bonds. The van der Waals surface area contributed by atoms with Crippen molar-refractivity contribution in [1.82, 2.24) is 4.90 Å². The number of benzene rings is 2. The normalized spacial score (nSPS) is 15.9. The van der Waals surface area contributed by atoms with Crippen LogP contribution in [0.15, 0.2) is 42.5 Å². The number of hydrogen-bond donors (Lipinski definition) is 2. The summed E-state index contributed by atoms with van der Waals surface area (Å²) in [5.74, 6) is 0.616. The lowest BCUT2D eigenvalue weighted by atomic mass is 10.0. The minimum atomic E-state index is -0.0928. The Morgan fingerprint density at radius 3 is 2.52 bits per heavy atom. The van der Waals surface area contributed by atoms with Gasteiger partial charge in [0, 0.05) is 17.2 Å². The Kier molecular flexibility index (Phi) is 5.24. The number of likely N-dealkylation sites (tertiary alicyclic amines) is 1. The van der Waals surface area contributed by atoms with Crippen LogP contribution in [0.25, 0.3) is 0 Å². The second kappa shape index (κ2) is 7.57. The van der Waals surface area contributed by atoms with Crippen molar-refractivity contribution in [3.8, 4) is 5.75 Å². The highest BCUT2D eigenvalue weighted by atomic mass is 16.5. The van der Waals surface area contributed by atoms with E-state index >= 15 is 0 Å². The van der Waals surface area contributed by atoms with Crippen molar-refractivity contribution in [1.29, 1.82) is 0 Å².